The van der Waals surface area contributed by atoms with E-state index in [4.69, 9.17) is 25.8 Å². The summed E-state index contributed by atoms with van der Waals surface area (Å²) < 4.78 is 15.8. The minimum atomic E-state index is -0.431. The van der Waals surface area contributed by atoms with Gasteiger partial charge in [0.15, 0.2) is 0 Å². The van der Waals surface area contributed by atoms with Crippen molar-refractivity contribution in [2.24, 2.45) is 10.8 Å². The van der Waals surface area contributed by atoms with Gasteiger partial charge in [-0.15, -0.1) is 0 Å². The van der Waals surface area contributed by atoms with E-state index >= 15 is 0 Å². The average Bonchev–Trinajstić information content (AvgIpc) is 2.51. The first-order chi connectivity index (χ1) is 11.3. The highest BCUT2D eigenvalue weighted by atomic mass is 35.5. The molecule has 2 rings (SSSR count). The largest absolute Gasteiger partial charge is 0.492 e. The van der Waals surface area contributed by atoms with Gasteiger partial charge in [-0.1, -0.05) is 31.5 Å². The van der Waals surface area contributed by atoms with Gasteiger partial charge >= 0.3 is 5.97 Å². The molecule has 1 fully saturated rings. The van der Waals surface area contributed by atoms with E-state index in [1.165, 1.54) is 7.11 Å². The Morgan fingerprint density at radius 3 is 2.50 bits per heavy atom. The van der Waals surface area contributed by atoms with Gasteiger partial charge in [-0.2, -0.15) is 0 Å². The molecule has 0 unspecified atom stereocenters. The number of hydrogen-bond acceptors (Lipinski definition) is 4. The normalized spacial score (nSPS) is 17.9. The molecule has 0 radical (unpaired) electrons. The molecule has 0 bridgehead atoms. The van der Waals surface area contributed by atoms with Crippen LogP contribution in [0.5, 0.6) is 5.75 Å². The summed E-state index contributed by atoms with van der Waals surface area (Å²) in [5, 5.41) is 0.581. The molecule has 0 amide bonds. The molecule has 134 valence electrons. The van der Waals surface area contributed by atoms with Crippen LogP contribution < -0.4 is 4.74 Å². The Morgan fingerprint density at radius 2 is 1.92 bits per heavy atom. The van der Waals surface area contributed by atoms with Gasteiger partial charge in [0, 0.05) is 20.1 Å². The molecular formula is C19H27ClO4. The molecule has 0 aliphatic heterocycles. The van der Waals surface area contributed by atoms with Crippen LogP contribution in [0.15, 0.2) is 18.2 Å². The lowest BCUT2D eigenvalue weighted by molar-refractivity contribution is -0.167. The van der Waals surface area contributed by atoms with Gasteiger partial charge in [-0.25, -0.2) is 0 Å². The van der Waals surface area contributed by atoms with Crippen LogP contribution in [0.1, 0.15) is 38.7 Å². The second kappa shape index (κ2) is 7.75. The number of halogens is 1. The number of ether oxygens (including phenoxy) is 3. The Bertz CT molecular complexity index is 575. The zero-order valence-electron chi connectivity index (χ0n) is 15.0. The maximum Gasteiger partial charge on any atom is 0.312 e. The predicted octanol–water partition coefficient (Wildman–Crippen LogP) is 4.28. The van der Waals surface area contributed by atoms with Crippen molar-refractivity contribution in [3.8, 4) is 5.75 Å². The Hall–Kier alpha value is -1.26. The fraction of sp³-hybridized carbons (Fsp3) is 0.632. The zero-order chi connectivity index (χ0) is 17.8. The average molecular weight is 355 g/mol. The predicted molar refractivity (Wildman–Crippen MR) is 94.6 cm³/mol. The third-order valence-electron chi connectivity index (χ3n) is 4.54. The van der Waals surface area contributed by atoms with E-state index < -0.39 is 5.41 Å². The third-order valence-corrected chi connectivity index (χ3v) is 4.85. The number of hydrogen-bond donors (Lipinski definition) is 0. The number of esters is 1. The fourth-order valence-electron chi connectivity index (χ4n) is 3.88. The molecule has 5 heteroatoms. The van der Waals surface area contributed by atoms with Crippen LogP contribution in [0, 0.1) is 10.8 Å². The zero-order valence-corrected chi connectivity index (χ0v) is 15.7. The summed E-state index contributed by atoms with van der Waals surface area (Å²) in [5.41, 5.74) is 0.793. The fourth-order valence-corrected chi connectivity index (χ4v) is 4.05. The highest BCUT2D eigenvalue weighted by Crippen LogP contribution is 2.56. The minimum Gasteiger partial charge on any atom is -0.492 e. The van der Waals surface area contributed by atoms with Gasteiger partial charge in [-0.3, -0.25) is 4.79 Å². The lowest BCUT2D eigenvalue weighted by Crippen LogP contribution is -2.50. The maximum absolute atomic E-state index is 12.3. The van der Waals surface area contributed by atoms with E-state index in [9.17, 15) is 4.79 Å². The third kappa shape index (κ3) is 4.42. The van der Waals surface area contributed by atoms with E-state index in [0.29, 0.717) is 30.4 Å². The Kier molecular flexibility index (Phi) is 6.16. The van der Waals surface area contributed by atoms with E-state index in [1.54, 1.807) is 7.11 Å². The molecule has 24 heavy (non-hydrogen) atoms. The highest BCUT2D eigenvalue weighted by Gasteiger charge is 2.54. The van der Waals surface area contributed by atoms with Gasteiger partial charge in [0.2, 0.25) is 0 Å². The summed E-state index contributed by atoms with van der Waals surface area (Å²) in [5.74, 6) is 0.531. The molecule has 1 aliphatic rings. The van der Waals surface area contributed by atoms with Crippen molar-refractivity contribution in [3.63, 3.8) is 0 Å². The van der Waals surface area contributed by atoms with Crippen molar-refractivity contribution in [1.82, 2.24) is 0 Å². The van der Waals surface area contributed by atoms with Crippen molar-refractivity contribution in [3.05, 3.63) is 28.8 Å². The molecule has 0 atom stereocenters. The summed E-state index contributed by atoms with van der Waals surface area (Å²) in [6, 6.07) is 5.73. The van der Waals surface area contributed by atoms with Crippen LogP contribution in [0.4, 0.5) is 0 Å². The summed E-state index contributed by atoms with van der Waals surface area (Å²) in [6.07, 6.45) is 3.12. The monoisotopic (exact) mass is 354 g/mol. The molecule has 0 N–H and O–H groups in total. The molecule has 0 aromatic heterocycles. The van der Waals surface area contributed by atoms with Crippen LogP contribution >= 0.6 is 11.6 Å². The van der Waals surface area contributed by atoms with Crippen LogP contribution in [0.25, 0.3) is 0 Å². The van der Waals surface area contributed by atoms with E-state index in [1.807, 2.05) is 18.2 Å². The Balaban J connectivity index is 2.09. The summed E-state index contributed by atoms with van der Waals surface area (Å²) >= 11 is 6.22. The number of rotatable bonds is 8. The number of benzene rings is 1. The van der Waals surface area contributed by atoms with E-state index in [-0.39, 0.29) is 11.4 Å². The van der Waals surface area contributed by atoms with Crippen molar-refractivity contribution in [2.75, 3.05) is 27.4 Å². The van der Waals surface area contributed by atoms with Crippen molar-refractivity contribution in [1.29, 1.82) is 0 Å². The topological polar surface area (TPSA) is 44.8 Å². The lowest BCUT2D eigenvalue weighted by Gasteiger charge is -2.51. The van der Waals surface area contributed by atoms with Gasteiger partial charge in [0.25, 0.3) is 0 Å². The summed E-state index contributed by atoms with van der Waals surface area (Å²) in [6.45, 7) is 5.56. The molecule has 1 aromatic rings. The van der Waals surface area contributed by atoms with Crippen molar-refractivity contribution >= 4 is 17.6 Å². The van der Waals surface area contributed by atoms with Crippen molar-refractivity contribution < 1.29 is 19.0 Å². The number of carbonyl (C=O) groups is 1. The molecule has 0 saturated heterocycles. The van der Waals surface area contributed by atoms with Crippen LogP contribution in [0.2, 0.25) is 5.02 Å². The molecule has 4 nitrogen and oxygen atoms in total. The first kappa shape index (κ1) is 19.1. The lowest BCUT2D eigenvalue weighted by atomic mass is 9.52. The smallest absolute Gasteiger partial charge is 0.312 e. The quantitative estimate of drug-likeness (QED) is 0.516. The molecular weight excluding hydrogens is 328 g/mol. The standard InChI is InChI=1S/C19H27ClO4/c1-18(2)12-19(13-18,17(21)23-4)11-14-6-7-15(20)16(10-14)24-9-5-8-22-3/h6-7,10H,5,8-9,11-13H2,1-4H3. The Morgan fingerprint density at radius 1 is 1.21 bits per heavy atom. The van der Waals surface area contributed by atoms with Gasteiger partial charge in [0.1, 0.15) is 5.75 Å². The van der Waals surface area contributed by atoms with E-state index in [2.05, 4.69) is 13.8 Å². The first-order valence-corrected chi connectivity index (χ1v) is 8.68. The molecule has 1 aliphatic carbocycles. The van der Waals surface area contributed by atoms with Crippen molar-refractivity contribution in [2.45, 2.75) is 39.5 Å². The molecule has 1 aromatic carbocycles. The molecule has 0 spiro atoms. The van der Waals surface area contributed by atoms with Gasteiger partial charge in [-0.05, 0) is 42.4 Å². The summed E-state index contributed by atoms with van der Waals surface area (Å²) in [4.78, 5) is 12.3. The molecule has 1 saturated carbocycles. The number of carbonyl (C=O) groups excluding carboxylic acids is 1. The Labute approximate surface area is 149 Å². The minimum absolute atomic E-state index is 0.126. The molecule has 0 heterocycles. The summed E-state index contributed by atoms with van der Waals surface area (Å²) in [7, 11) is 3.13. The second-order valence-corrected chi connectivity index (χ2v) is 7.83. The van der Waals surface area contributed by atoms with Crippen LogP contribution in [-0.4, -0.2) is 33.4 Å². The maximum atomic E-state index is 12.3. The van der Waals surface area contributed by atoms with Gasteiger partial charge in [0.05, 0.1) is 24.2 Å². The first-order valence-electron chi connectivity index (χ1n) is 8.30. The number of methoxy groups -OCH3 is 2. The second-order valence-electron chi connectivity index (χ2n) is 7.43. The van der Waals surface area contributed by atoms with Crippen LogP contribution in [0.3, 0.4) is 0 Å². The van der Waals surface area contributed by atoms with Gasteiger partial charge < -0.3 is 14.2 Å². The van der Waals surface area contributed by atoms with Crippen LogP contribution in [-0.2, 0) is 20.7 Å². The SMILES string of the molecule is COCCCOc1cc(CC2(C(=O)OC)CC(C)(C)C2)ccc1Cl. The highest BCUT2D eigenvalue weighted by molar-refractivity contribution is 6.32. The van der Waals surface area contributed by atoms with E-state index in [0.717, 1.165) is 24.8 Å².